The van der Waals surface area contributed by atoms with Crippen LogP contribution in [-0.4, -0.2) is 5.78 Å². The summed E-state index contributed by atoms with van der Waals surface area (Å²) in [6, 6.07) is 0. The monoisotopic (exact) mass is 138 g/mol. The molecule has 0 fully saturated rings. The number of hydrogen-bond acceptors (Lipinski definition) is 1. The predicted molar refractivity (Wildman–Crippen MR) is 41.8 cm³/mol. The Morgan fingerprint density at radius 2 is 2.40 bits per heavy atom. The Bertz CT molecular complexity index is 168. The molecule has 1 nitrogen and oxygen atoms in total. The molecule has 0 aromatic heterocycles. The summed E-state index contributed by atoms with van der Waals surface area (Å²) < 4.78 is 0. The zero-order chi connectivity index (χ0) is 7.56. The van der Waals surface area contributed by atoms with Crippen molar-refractivity contribution in [1.82, 2.24) is 0 Å². The van der Waals surface area contributed by atoms with Gasteiger partial charge in [-0.2, -0.15) is 0 Å². The van der Waals surface area contributed by atoms with E-state index in [1.54, 1.807) is 6.92 Å². The normalized spacial score (nSPS) is 25.8. The van der Waals surface area contributed by atoms with Gasteiger partial charge in [0.15, 0.2) is 0 Å². The molecule has 1 heteroatoms. The lowest BCUT2D eigenvalue weighted by Gasteiger charge is -2.16. The Morgan fingerprint density at radius 3 is 2.80 bits per heavy atom. The van der Waals surface area contributed by atoms with Crippen LogP contribution >= 0.6 is 0 Å². The molecular weight excluding hydrogens is 124 g/mol. The van der Waals surface area contributed by atoms with Gasteiger partial charge in [-0.05, 0) is 33.1 Å². The molecule has 1 aliphatic carbocycles. The van der Waals surface area contributed by atoms with Gasteiger partial charge in [-0.1, -0.05) is 11.6 Å². The summed E-state index contributed by atoms with van der Waals surface area (Å²) in [6.45, 7) is 3.83. The van der Waals surface area contributed by atoms with Crippen LogP contribution in [-0.2, 0) is 4.79 Å². The average Bonchev–Trinajstić information content (AvgIpc) is 1.88. The van der Waals surface area contributed by atoms with Crippen LogP contribution in [0.25, 0.3) is 0 Å². The van der Waals surface area contributed by atoms with E-state index in [9.17, 15) is 4.79 Å². The molecule has 0 unspecified atom stereocenters. The van der Waals surface area contributed by atoms with Crippen LogP contribution in [0.2, 0.25) is 0 Å². The van der Waals surface area contributed by atoms with E-state index in [0.717, 1.165) is 19.3 Å². The Morgan fingerprint density at radius 1 is 1.70 bits per heavy atom. The highest BCUT2D eigenvalue weighted by atomic mass is 16.1. The second-order valence-electron chi connectivity index (χ2n) is 3.13. The molecule has 0 heterocycles. The predicted octanol–water partition coefficient (Wildman–Crippen LogP) is 2.32. The van der Waals surface area contributed by atoms with Crippen molar-refractivity contribution in [1.29, 1.82) is 0 Å². The molecule has 0 aliphatic heterocycles. The first kappa shape index (κ1) is 7.52. The maximum absolute atomic E-state index is 10.9. The number of carbonyl (C=O) groups is 1. The van der Waals surface area contributed by atoms with Crippen molar-refractivity contribution in [3.63, 3.8) is 0 Å². The molecule has 1 rings (SSSR count). The van der Waals surface area contributed by atoms with Gasteiger partial charge < -0.3 is 0 Å². The van der Waals surface area contributed by atoms with Gasteiger partial charge in [0, 0.05) is 5.92 Å². The van der Waals surface area contributed by atoms with Gasteiger partial charge in [-0.15, -0.1) is 0 Å². The minimum absolute atomic E-state index is 0.323. The summed E-state index contributed by atoms with van der Waals surface area (Å²) in [4.78, 5) is 10.9. The van der Waals surface area contributed by atoms with Crippen LogP contribution in [0.15, 0.2) is 11.6 Å². The summed E-state index contributed by atoms with van der Waals surface area (Å²) >= 11 is 0. The zero-order valence-electron chi connectivity index (χ0n) is 6.68. The molecule has 0 aromatic rings. The van der Waals surface area contributed by atoms with Crippen LogP contribution in [0.1, 0.15) is 33.1 Å². The molecule has 0 bridgehead atoms. The lowest BCUT2D eigenvalue weighted by atomic mass is 9.88. The Balaban J connectivity index is 2.50. The molecule has 0 saturated carbocycles. The molecule has 0 radical (unpaired) electrons. The van der Waals surface area contributed by atoms with Gasteiger partial charge in [0.25, 0.3) is 0 Å². The molecular formula is C9H14O. The number of hydrogen-bond donors (Lipinski definition) is 0. The molecule has 1 aliphatic rings. The van der Waals surface area contributed by atoms with Crippen molar-refractivity contribution < 1.29 is 4.79 Å². The first-order valence-electron chi connectivity index (χ1n) is 3.86. The largest absolute Gasteiger partial charge is 0.300 e. The highest BCUT2D eigenvalue weighted by Gasteiger charge is 2.15. The number of allylic oxidation sites excluding steroid dienone is 2. The highest BCUT2D eigenvalue weighted by Crippen LogP contribution is 2.23. The second-order valence-corrected chi connectivity index (χ2v) is 3.13. The Kier molecular flexibility index (Phi) is 2.25. The van der Waals surface area contributed by atoms with Gasteiger partial charge in [0.05, 0.1) is 0 Å². The summed E-state index contributed by atoms with van der Waals surface area (Å²) in [6.07, 6.45) is 5.35. The molecule has 56 valence electrons. The van der Waals surface area contributed by atoms with Gasteiger partial charge >= 0.3 is 0 Å². The standard InChI is InChI=1S/C9H14O/c1-7-3-5-9(6-4-7)8(2)10/h3,9H,4-6H2,1-2H3/t9-/m1/s1. The van der Waals surface area contributed by atoms with Crippen molar-refractivity contribution >= 4 is 5.78 Å². The molecule has 0 N–H and O–H groups in total. The number of rotatable bonds is 1. The van der Waals surface area contributed by atoms with E-state index in [-0.39, 0.29) is 0 Å². The van der Waals surface area contributed by atoms with E-state index in [0.29, 0.717) is 11.7 Å². The minimum Gasteiger partial charge on any atom is -0.300 e. The van der Waals surface area contributed by atoms with Crippen LogP contribution < -0.4 is 0 Å². The average molecular weight is 138 g/mol. The van der Waals surface area contributed by atoms with Crippen LogP contribution in [0.5, 0.6) is 0 Å². The number of Topliss-reactive ketones (excluding diaryl/α,β-unsaturated/α-hetero) is 1. The van der Waals surface area contributed by atoms with Crippen molar-refractivity contribution in [2.45, 2.75) is 33.1 Å². The van der Waals surface area contributed by atoms with Crippen molar-refractivity contribution in [3.8, 4) is 0 Å². The molecule has 0 aromatic carbocycles. The first-order valence-corrected chi connectivity index (χ1v) is 3.86. The van der Waals surface area contributed by atoms with Gasteiger partial charge in [0.2, 0.25) is 0 Å². The van der Waals surface area contributed by atoms with E-state index in [2.05, 4.69) is 13.0 Å². The molecule has 10 heavy (non-hydrogen) atoms. The third-order valence-corrected chi connectivity index (χ3v) is 2.21. The zero-order valence-corrected chi connectivity index (χ0v) is 6.68. The first-order chi connectivity index (χ1) is 4.70. The molecule has 0 spiro atoms. The van der Waals surface area contributed by atoms with Crippen LogP contribution in [0.3, 0.4) is 0 Å². The van der Waals surface area contributed by atoms with E-state index < -0.39 is 0 Å². The maximum atomic E-state index is 10.9. The number of ketones is 1. The van der Waals surface area contributed by atoms with Crippen LogP contribution in [0.4, 0.5) is 0 Å². The number of carbonyl (C=O) groups excluding carboxylic acids is 1. The van der Waals surface area contributed by atoms with E-state index in [1.165, 1.54) is 5.57 Å². The fourth-order valence-corrected chi connectivity index (χ4v) is 1.33. The summed E-state index contributed by atoms with van der Waals surface area (Å²) in [5, 5.41) is 0. The highest BCUT2D eigenvalue weighted by molar-refractivity contribution is 5.78. The molecule has 0 amide bonds. The maximum Gasteiger partial charge on any atom is 0.133 e. The molecule has 1 atom stereocenters. The van der Waals surface area contributed by atoms with Gasteiger partial charge in [0.1, 0.15) is 5.78 Å². The van der Waals surface area contributed by atoms with E-state index in [1.807, 2.05) is 0 Å². The minimum atomic E-state index is 0.323. The second kappa shape index (κ2) is 3.00. The third-order valence-electron chi connectivity index (χ3n) is 2.21. The topological polar surface area (TPSA) is 17.1 Å². The molecule has 0 saturated heterocycles. The van der Waals surface area contributed by atoms with Crippen molar-refractivity contribution in [3.05, 3.63) is 11.6 Å². The Hall–Kier alpha value is -0.590. The SMILES string of the molecule is CC(=O)[C@@H]1CC=C(C)CC1. The van der Waals surface area contributed by atoms with Gasteiger partial charge in [-0.25, -0.2) is 0 Å². The summed E-state index contributed by atoms with van der Waals surface area (Å²) in [5.74, 6) is 0.674. The van der Waals surface area contributed by atoms with Crippen molar-refractivity contribution in [2.75, 3.05) is 0 Å². The smallest absolute Gasteiger partial charge is 0.133 e. The fourth-order valence-electron chi connectivity index (χ4n) is 1.33. The van der Waals surface area contributed by atoms with Crippen molar-refractivity contribution in [2.24, 2.45) is 5.92 Å². The fraction of sp³-hybridized carbons (Fsp3) is 0.667. The Labute approximate surface area is 62.1 Å². The lowest BCUT2D eigenvalue weighted by molar-refractivity contribution is -0.120. The summed E-state index contributed by atoms with van der Waals surface area (Å²) in [7, 11) is 0. The third kappa shape index (κ3) is 1.69. The quantitative estimate of drug-likeness (QED) is 0.508. The van der Waals surface area contributed by atoms with E-state index >= 15 is 0 Å². The van der Waals surface area contributed by atoms with Crippen LogP contribution in [0, 0.1) is 5.92 Å². The summed E-state index contributed by atoms with van der Waals surface area (Å²) in [5.41, 5.74) is 1.44. The lowest BCUT2D eigenvalue weighted by Crippen LogP contribution is -2.12. The van der Waals surface area contributed by atoms with Gasteiger partial charge in [-0.3, -0.25) is 4.79 Å². The van der Waals surface area contributed by atoms with E-state index in [4.69, 9.17) is 0 Å².